The van der Waals surface area contributed by atoms with Gasteiger partial charge < -0.3 is 20.6 Å². The predicted octanol–water partition coefficient (Wildman–Crippen LogP) is 12.6. The van der Waals surface area contributed by atoms with Crippen molar-refractivity contribution in [2.45, 2.75) is 250 Å². The molecule has 0 aromatic rings. The molecule has 5 heteroatoms. The zero-order valence-corrected chi connectivity index (χ0v) is 33.5. The van der Waals surface area contributed by atoms with Gasteiger partial charge in [0.2, 0.25) is 5.91 Å². The number of aliphatic hydroxyl groups is 3. The van der Waals surface area contributed by atoms with Crippen molar-refractivity contribution in [3.8, 4) is 0 Å². The highest BCUT2D eigenvalue weighted by Gasteiger charge is 2.26. The van der Waals surface area contributed by atoms with Gasteiger partial charge in [-0.2, -0.15) is 0 Å². The number of carbonyl (C=O) groups is 1. The topological polar surface area (TPSA) is 89.8 Å². The average molecular weight is 706 g/mol. The van der Waals surface area contributed by atoms with Gasteiger partial charge >= 0.3 is 0 Å². The molecule has 0 aliphatic carbocycles. The van der Waals surface area contributed by atoms with Crippen LogP contribution in [-0.4, -0.2) is 46.1 Å². The van der Waals surface area contributed by atoms with Crippen molar-refractivity contribution in [2.24, 2.45) is 0 Å². The van der Waals surface area contributed by atoms with E-state index in [1.807, 2.05) is 0 Å². The summed E-state index contributed by atoms with van der Waals surface area (Å²) in [5.41, 5.74) is 0. The van der Waals surface area contributed by atoms with Crippen LogP contribution in [0.4, 0.5) is 0 Å². The summed E-state index contributed by atoms with van der Waals surface area (Å²) in [6, 6.07) is -0.831. The molecule has 1 amide bonds. The average Bonchev–Trinajstić information content (AvgIpc) is 3.12. The Bertz CT molecular complexity index is 739. The van der Waals surface area contributed by atoms with Gasteiger partial charge in [-0.3, -0.25) is 4.79 Å². The lowest BCUT2D eigenvalue weighted by atomic mass is 10.0. The summed E-state index contributed by atoms with van der Waals surface area (Å²) in [5, 5.41) is 33.5. The lowest BCUT2D eigenvalue weighted by Gasteiger charge is -2.26. The van der Waals surface area contributed by atoms with Crippen LogP contribution in [0.15, 0.2) is 24.3 Å². The fraction of sp³-hybridized carbons (Fsp3) is 0.889. The lowest BCUT2D eigenvalue weighted by molar-refractivity contribution is -0.124. The fourth-order valence-electron chi connectivity index (χ4n) is 6.80. The van der Waals surface area contributed by atoms with Crippen molar-refractivity contribution in [2.75, 3.05) is 6.61 Å². The zero-order chi connectivity index (χ0) is 36.6. The van der Waals surface area contributed by atoms with Crippen LogP contribution < -0.4 is 5.32 Å². The van der Waals surface area contributed by atoms with E-state index in [0.717, 1.165) is 44.9 Å². The minimum absolute atomic E-state index is 0.170. The number of hydrogen-bond donors (Lipinski definition) is 4. The molecule has 0 heterocycles. The van der Waals surface area contributed by atoms with E-state index < -0.39 is 18.2 Å². The Kier molecular flexibility index (Phi) is 39.6. The SMILES string of the molecule is CCCCCCCC/C=C\CCCCCC(=O)NC(CO)C(O)C(O)CCC/C=C/CCCCCCCCCCCCCCCCCCCC. The molecule has 5 nitrogen and oxygen atoms in total. The molecule has 0 aliphatic heterocycles. The van der Waals surface area contributed by atoms with E-state index in [0.29, 0.717) is 12.8 Å². The number of carbonyl (C=O) groups excluding carboxylic acids is 1. The van der Waals surface area contributed by atoms with Crippen LogP contribution >= 0.6 is 0 Å². The van der Waals surface area contributed by atoms with E-state index in [2.05, 4.69) is 43.5 Å². The number of hydrogen-bond acceptors (Lipinski definition) is 4. The number of rotatable bonds is 40. The molecular weight excluding hydrogens is 618 g/mol. The number of nitrogens with one attached hydrogen (secondary N) is 1. The molecule has 0 saturated carbocycles. The molecule has 0 fully saturated rings. The number of allylic oxidation sites excluding steroid dienone is 4. The van der Waals surface area contributed by atoms with E-state index >= 15 is 0 Å². The number of unbranched alkanes of at least 4 members (excludes halogenated alkanes) is 28. The Labute approximate surface area is 312 Å². The molecule has 0 rings (SSSR count). The summed E-state index contributed by atoms with van der Waals surface area (Å²) < 4.78 is 0. The quantitative estimate of drug-likeness (QED) is 0.0377. The molecule has 0 bridgehead atoms. The minimum Gasteiger partial charge on any atom is -0.394 e. The standard InChI is InChI=1S/C45H87NO4/c1-3-5-7-9-11-13-15-17-18-19-20-21-22-23-24-25-26-28-29-31-33-35-37-39-43(48)45(50)42(41-47)46-44(49)40-38-36-34-32-30-27-16-14-12-10-8-6-4-2/h27,30-31,33,42-43,45,47-48,50H,3-26,28-29,32,34-41H2,1-2H3,(H,46,49)/b30-27-,33-31+. The fourth-order valence-corrected chi connectivity index (χ4v) is 6.80. The molecule has 0 spiro atoms. The maximum Gasteiger partial charge on any atom is 0.220 e. The molecule has 3 atom stereocenters. The van der Waals surface area contributed by atoms with Gasteiger partial charge in [0.15, 0.2) is 0 Å². The normalized spacial score (nSPS) is 13.8. The van der Waals surface area contributed by atoms with Gasteiger partial charge in [0, 0.05) is 6.42 Å². The molecule has 0 aromatic carbocycles. The van der Waals surface area contributed by atoms with Crippen LogP contribution in [0, 0.1) is 0 Å². The van der Waals surface area contributed by atoms with Crippen LogP contribution in [0.5, 0.6) is 0 Å². The van der Waals surface area contributed by atoms with Gasteiger partial charge in [0.05, 0.1) is 18.8 Å². The first-order chi connectivity index (χ1) is 24.6. The minimum atomic E-state index is -1.16. The van der Waals surface area contributed by atoms with Crippen molar-refractivity contribution in [3.05, 3.63) is 24.3 Å². The number of amides is 1. The third-order valence-corrected chi connectivity index (χ3v) is 10.3. The number of aliphatic hydroxyl groups excluding tert-OH is 3. The van der Waals surface area contributed by atoms with Gasteiger partial charge in [-0.15, -0.1) is 0 Å². The maximum atomic E-state index is 12.4. The first-order valence-corrected chi connectivity index (χ1v) is 22.1. The lowest BCUT2D eigenvalue weighted by Crippen LogP contribution is -2.50. The van der Waals surface area contributed by atoms with Crippen molar-refractivity contribution in [3.63, 3.8) is 0 Å². The summed E-state index contributed by atoms with van der Waals surface area (Å²) in [4.78, 5) is 12.4. The van der Waals surface area contributed by atoms with Gasteiger partial charge in [-0.25, -0.2) is 0 Å². The van der Waals surface area contributed by atoms with Crippen molar-refractivity contribution >= 4 is 5.91 Å². The van der Waals surface area contributed by atoms with Crippen molar-refractivity contribution < 1.29 is 20.1 Å². The predicted molar refractivity (Wildman–Crippen MR) is 218 cm³/mol. The van der Waals surface area contributed by atoms with E-state index in [1.54, 1.807) is 0 Å². The highest BCUT2D eigenvalue weighted by atomic mass is 16.3. The smallest absolute Gasteiger partial charge is 0.220 e. The molecule has 3 unspecified atom stereocenters. The zero-order valence-electron chi connectivity index (χ0n) is 33.5. The molecule has 296 valence electrons. The Morgan fingerprint density at radius 2 is 0.800 bits per heavy atom. The Hall–Kier alpha value is -1.17. The summed E-state index contributed by atoms with van der Waals surface area (Å²) >= 11 is 0. The van der Waals surface area contributed by atoms with Gasteiger partial charge in [0.1, 0.15) is 6.10 Å². The molecule has 0 radical (unpaired) electrons. The Morgan fingerprint density at radius 1 is 0.480 bits per heavy atom. The molecule has 0 saturated heterocycles. The highest BCUT2D eigenvalue weighted by molar-refractivity contribution is 5.76. The van der Waals surface area contributed by atoms with Crippen molar-refractivity contribution in [1.29, 1.82) is 0 Å². The molecule has 0 aliphatic rings. The monoisotopic (exact) mass is 706 g/mol. The van der Waals surface area contributed by atoms with E-state index in [-0.39, 0.29) is 12.5 Å². The summed E-state index contributed by atoms with van der Waals surface area (Å²) in [6.07, 6.45) is 48.7. The summed E-state index contributed by atoms with van der Waals surface area (Å²) in [6.45, 7) is 4.16. The van der Waals surface area contributed by atoms with Crippen LogP contribution in [0.2, 0.25) is 0 Å². The third kappa shape index (κ3) is 35.2. The Balaban J connectivity index is 3.64. The second-order valence-electron chi connectivity index (χ2n) is 15.2. The van der Waals surface area contributed by atoms with Crippen LogP contribution in [0.1, 0.15) is 232 Å². The molecule has 50 heavy (non-hydrogen) atoms. The maximum absolute atomic E-state index is 12.4. The van der Waals surface area contributed by atoms with E-state index in [4.69, 9.17) is 0 Å². The van der Waals surface area contributed by atoms with E-state index in [1.165, 1.54) is 161 Å². The van der Waals surface area contributed by atoms with Gasteiger partial charge in [-0.05, 0) is 64.2 Å². The Morgan fingerprint density at radius 3 is 1.16 bits per heavy atom. The second-order valence-corrected chi connectivity index (χ2v) is 15.2. The second kappa shape index (κ2) is 40.6. The summed E-state index contributed by atoms with van der Waals surface area (Å²) in [7, 11) is 0. The van der Waals surface area contributed by atoms with Gasteiger partial charge in [0.25, 0.3) is 0 Å². The largest absolute Gasteiger partial charge is 0.394 e. The van der Waals surface area contributed by atoms with E-state index in [9.17, 15) is 20.1 Å². The van der Waals surface area contributed by atoms with Gasteiger partial charge in [-0.1, -0.05) is 186 Å². The van der Waals surface area contributed by atoms with Crippen LogP contribution in [-0.2, 0) is 4.79 Å². The summed E-state index contributed by atoms with van der Waals surface area (Å²) in [5.74, 6) is -0.170. The molecule has 4 N–H and O–H groups in total. The highest BCUT2D eigenvalue weighted by Crippen LogP contribution is 2.16. The molecule has 0 aromatic heterocycles. The first kappa shape index (κ1) is 48.8. The van der Waals surface area contributed by atoms with Crippen molar-refractivity contribution in [1.82, 2.24) is 5.32 Å². The molecular formula is C45H87NO4. The van der Waals surface area contributed by atoms with Crippen LogP contribution in [0.3, 0.4) is 0 Å². The van der Waals surface area contributed by atoms with Crippen LogP contribution in [0.25, 0.3) is 0 Å². The first-order valence-electron chi connectivity index (χ1n) is 22.1. The third-order valence-electron chi connectivity index (χ3n) is 10.3.